The summed E-state index contributed by atoms with van der Waals surface area (Å²) in [5, 5.41) is 1.05. The molecule has 0 bridgehead atoms. The molecule has 13 heteroatoms. The fourth-order valence-electron chi connectivity index (χ4n) is 5.09. The lowest BCUT2D eigenvalue weighted by Gasteiger charge is -2.24. The molecule has 3 aromatic carbocycles. The topological polar surface area (TPSA) is 97.6 Å². The first-order chi connectivity index (χ1) is 21.7. The van der Waals surface area contributed by atoms with E-state index in [-0.39, 0.29) is 31.1 Å². The van der Waals surface area contributed by atoms with Gasteiger partial charge >= 0.3 is 5.97 Å². The van der Waals surface area contributed by atoms with E-state index in [9.17, 15) is 9.59 Å². The number of aromatic nitrogens is 1. The quantitative estimate of drug-likeness (QED) is 0.159. The summed E-state index contributed by atoms with van der Waals surface area (Å²) >= 11 is 15.7. The Morgan fingerprint density at radius 2 is 1.96 bits per heavy atom. The summed E-state index contributed by atoms with van der Waals surface area (Å²) in [7, 11) is 1.55. The normalized spacial score (nSPS) is 15.5. The number of thiazole rings is 1. The molecule has 0 N–H and O–H groups in total. The molecule has 3 heterocycles. The number of fused-ring (bicyclic) bond motifs is 2. The number of halogens is 3. The molecular weight excluding hydrogens is 754 g/mol. The van der Waals surface area contributed by atoms with Crippen LogP contribution in [-0.2, 0) is 16.1 Å². The molecule has 0 aliphatic carbocycles. The van der Waals surface area contributed by atoms with Gasteiger partial charge in [-0.1, -0.05) is 46.7 Å². The second kappa shape index (κ2) is 13.1. The number of ether oxygens (including phenoxy) is 5. The van der Waals surface area contributed by atoms with Crippen molar-refractivity contribution in [3.8, 4) is 23.0 Å². The zero-order valence-corrected chi connectivity index (χ0v) is 28.7. The van der Waals surface area contributed by atoms with Crippen LogP contribution in [0.25, 0.3) is 6.08 Å². The molecule has 0 unspecified atom stereocenters. The Hall–Kier alpha value is -3.52. The van der Waals surface area contributed by atoms with Crippen molar-refractivity contribution in [2.24, 2.45) is 4.99 Å². The first-order valence-electron chi connectivity index (χ1n) is 13.7. The van der Waals surface area contributed by atoms with Crippen molar-refractivity contribution in [1.82, 2.24) is 4.57 Å². The van der Waals surface area contributed by atoms with Gasteiger partial charge in [-0.15, -0.1) is 0 Å². The van der Waals surface area contributed by atoms with Crippen LogP contribution in [0.4, 0.5) is 0 Å². The lowest BCUT2D eigenvalue weighted by atomic mass is 9.95. The first-order valence-corrected chi connectivity index (χ1v) is 16.4. The molecule has 45 heavy (non-hydrogen) atoms. The third-order valence-corrected chi connectivity index (χ3v) is 9.54. The fourth-order valence-corrected chi connectivity index (χ4v) is 7.38. The highest BCUT2D eigenvalue weighted by atomic mass is 127. The van der Waals surface area contributed by atoms with E-state index >= 15 is 0 Å². The summed E-state index contributed by atoms with van der Waals surface area (Å²) in [5.74, 6) is 1.63. The molecule has 0 spiro atoms. The van der Waals surface area contributed by atoms with E-state index in [2.05, 4.69) is 27.6 Å². The number of esters is 1. The molecule has 9 nitrogen and oxygen atoms in total. The second-order valence-corrected chi connectivity index (χ2v) is 13.0. The number of carbonyl (C=O) groups excluding carboxylic acids is 1. The largest absolute Gasteiger partial charge is 0.493 e. The van der Waals surface area contributed by atoms with E-state index in [1.165, 1.54) is 15.9 Å². The summed E-state index contributed by atoms with van der Waals surface area (Å²) in [6.45, 7) is 3.97. The van der Waals surface area contributed by atoms with Gasteiger partial charge in [0.1, 0.15) is 6.61 Å². The third kappa shape index (κ3) is 6.18. The minimum Gasteiger partial charge on any atom is -0.493 e. The maximum atomic E-state index is 14.1. The second-order valence-electron chi connectivity index (χ2n) is 9.97. The van der Waals surface area contributed by atoms with Crippen molar-refractivity contribution in [1.29, 1.82) is 0 Å². The van der Waals surface area contributed by atoms with Crippen LogP contribution in [0.3, 0.4) is 0 Å². The van der Waals surface area contributed by atoms with E-state index in [0.29, 0.717) is 53.6 Å². The molecule has 0 saturated heterocycles. The lowest BCUT2D eigenvalue weighted by molar-refractivity contribution is -0.139. The van der Waals surface area contributed by atoms with Crippen LogP contribution in [-0.4, -0.2) is 31.0 Å². The first kappa shape index (κ1) is 31.5. The Labute approximate surface area is 285 Å². The van der Waals surface area contributed by atoms with Crippen LogP contribution in [0.2, 0.25) is 10.0 Å². The molecule has 0 fully saturated rings. The number of methoxy groups -OCH3 is 1. The third-order valence-electron chi connectivity index (χ3n) is 7.17. The standard InChI is InChI=1S/C32H25Cl2IN2O7S/c1-4-41-31(39)27-16(2)36-32-37(28(27)18-6-8-23-24(12-18)44-15-43-23)30(38)26(45-32)11-17-9-22(35)29(25(10-17)40-3)42-14-19-5-7-20(33)13-21(19)34/h5-13,28H,4,14-15H2,1-3H3/b26-11+/t28-/m0/s1. The van der Waals surface area contributed by atoms with Gasteiger partial charge in [0.25, 0.3) is 5.56 Å². The highest BCUT2D eigenvalue weighted by Gasteiger charge is 2.34. The molecule has 2 aliphatic heterocycles. The van der Waals surface area contributed by atoms with E-state index in [0.717, 1.165) is 14.7 Å². The highest BCUT2D eigenvalue weighted by molar-refractivity contribution is 14.1. The highest BCUT2D eigenvalue weighted by Crippen LogP contribution is 2.39. The van der Waals surface area contributed by atoms with E-state index < -0.39 is 12.0 Å². The summed E-state index contributed by atoms with van der Waals surface area (Å²) in [5.41, 5.74) is 2.62. The summed E-state index contributed by atoms with van der Waals surface area (Å²) in [6.07, 6.45) is 1.77. The maximum Gasteiger partial charge on any atom is 0.338 e. The molecule has 1 aromatic heterocycles. The van der Waals surface area contributed by atoms with Gasteiger partial charge in [-0.05, 0) is 90.0 Å². The van der Waals surface area contributed by atoms with Gasteiger partial charge in [-0.25, -0.2) is 9.79 Å². The molecule has 1 atom stereocenters. The molecule has 232 valence electrons. The van der Waals surface area contributed by atoms with Crippen molar-refractivity contribution >= 4 is 69.2 Å². The SMILES string of the molecule is CCOC(=O)C1=C(C)N=c2s/c(=C/c3cc(I)c(OCc4ccc(Cl)cc4Cl)c(OC)c3)c(=O)n2[C@H]1c1ccc2c(c1)OCO2. The number of allylic oxidation sites excluding steroid dienone is 1. The average molecular weight is 779 g/mol. The molecule has 0 radical (unpaired) electrons. The maximum absolute atomic E-state index is 14.1. The average Bonchev–Trinajstić information content (AvgIpc) is 3.60. The van der Waals surface area contributed by atoms with Gasteiger partial charge in [0.05, 0.1) is 39.1 Å². The lowest BCUT2D eigenvalue weighted by Crippen LogP contribution is -2.39. The number of nitrogens with zero attached hydrogens (tertiary/aromatic N) is 2. The predicted octanol–water partition coefficient (Wildman–Crippen LogP) is 6.03. The Kier molecular flexibility index (Phi) is 9.14. The number of rotatable bonds is 8. The van der Waals surface area contributed by atoms with Gasteiger partial charge < -0.3 is 23.7 Å². The monoisotopic (exact) mass is 778 g/mol. The van der Waals surface area contributed by atoms with Crippen molar-refractivity contribution in [2.75, 3.05) is 20.5 Å². The molecule has 6 rings (SSSR count). The molecule has 4 aromatic rings. The fraction of sp³-hybridized carbons (Fsp3) is 0.219. The Bertz CT molecular complexity index is 2060. The summed E-state index contributed by atoms with van der Waals surface area (Å²) in [6, 6.07) is 13.5. The Morgan fingerprint density at radius 1 is 1.16 bits per heavy atom. The van der Waals surface area contributed by atoms with Crippen LogP contribution >= 0.6 is 57.1 Å². The van der Waals surface area contributed by atoms with E-state index in [1.807, 2.05) is 18.2 Å². The number of carbonyl (C=O) groups is 1. The van der Waals surface area contributed by atoms with Gasteiger partial charge in [-0.2, -0.15) is 0 Å². The van der Waals surface area contributed by atoms with Crippen LogP contribution < -0.4 is 33.8 Å². The van der Waals surface area contributed by atoms with Crippen molar-refractivity contribution in [3.05, 3.63) is 110 Å². The Balaban J connectivity index is 1.41. The van der Waals surface area contributed by atoms with E-state index in [4.69, 9.17) is 46.9 Å². The number of hydrogen-bond donors (Lipinski definition) is 0. The van der Waals surface area contributed by atoms with Crippen LogP contribution in [0.1, 0.15) is 36.6 Å². The van der Waals surface area contributed by atoms with Gasteiger partial charge in [0, 0.05) is 15.6 Å². The summed E-state index contributed by atoms with van der Waals surface area (Å²) < 4.78 is 31.0. The zero-order chi connectivity index (χ0) is 31.8. The van der Waals surface area contributed by atoms with Gasteiger partial charge in [0.2, 0.25) is 6.79 Å². The summed E-state index contributed by atoms with van der Waals surface area (Å²) in [4.78, 5) is 32.4. The molecule has 0 amide bonds. The molecule has 0 saturated carbocycles. The smallest absolute Gasteiger partial charge is 0.338 e. The number of benzene rings is 3. The number of hydrogen-bond acceptors (Lipinski definition) is 9. The zero-order valence-electron chi connectivity index (χ0n) is 24.2. The Morgan fingerprint density at radius 3 is 2.71 bits per heavy atom. The van der Waals surface area contributed by atoms with Crippen LogP contribution in [0.5, 0.6) is 23.0 Å². The van der Waals surface area contributed by atoms with Crippen molar-refractivity contribution < 1.29 is 28.5 Å². The van der Waals surface area contributed by atoms with Crippen LogP contribution in [0.15, 0.2) is 69.6 Å². The molecular formula is C32H25Cl2IN2O7S. The van der Waals surface area contributed by atoms with Crippen molar-refractivity contribution in [3.63, 3.8) is 0 Å². The van der Waals surface area contributed by atoms with Gasteiger partial charge in [-0.3, -0.25) is 9.36 Å². The predicted molar refractivity (Wildman–Crippen MR) is 179 cm³/mol. The van der Waals surface area contributed by atoms with E-state index in [1.54, 1.807) is 57.4 Å². The van der Waals surface area contributed by atoms with Crippen molar-refractivity contribution in [2.45, 2.75) is 26.5 Å². The van der Waals surface area contributed by atoms with Crippen LogP contribution in [0, 0.1) is 3.57 Å². The molecule has 2 aliphatic rings. The minimum atomic E-state index is -0.776. The minimum absolute atomic E-state index is 0.0993. The van der Waals surface area contributed by atoms with Gasteiger partial charge in [0.15, 0.2) is 27.8 Å².